The minimum atomic E-state index is -0.646. The SMILES string of the molecule is C=C1CN2CCC[C@]2(COc2nc(N3C[C@@H]4C[C@H](C3)[C@H](O)C4)c3cnc(-c4cc(OCOC)cc5ccc(F)c(CC)c45)c(F)c3n2)C1. The molecule has 1 N–H and O–H groups in total. The summed E-state index contributed by atoms with van der Waals surface area (Å²) in [5.74, 6) is 0.430. The number of hydrogen-bond donors (Lipinski definition) is 1. The molecule has 1 aliphatic carbocycles. The summed E-state index contributed by atoms with van der Waals surface area (Å²) in [4.78, 5) is 18.8. The van der Waals surface area contributed by atoms with E-state index in [1.54, 1.807) is 24.4 Å². The molecule has 4 aliphatic rings. The van der Waals surface area contributed by atoms with E-state index in [0.29, 0.717) is 70.9 Å². The Bertz CT molecular complexity index is 1920. The molecule has 3 saturated heterocycles. The van der Waals surface area contributed by atoms with E-state index in [9.17, 15) is 5.11 Å². The molecular weight excluding hydrogens is 616 g/mol. The molecule has 48 heavy (non-hydrogen) atoms. The number of anilines is 1. The Balaban J connectivity index is 1.27. The van der Waals surface area contributed by atoms with Crippen molar-refractivity contribution in [3.63, 3.8) is 0 Å². The molecule has 0 unspecified atom stereocenters. The average molecular weight is 658 g/mol. The molecule has 0 amide bonds. The van der Waals surface area contributed by atoms with Crippen LogP contribution in [0.5, 0.6) is 11.8 Å². The van der Waals surface area contributed by atoms with Crippen molar-refractivity contribution in [1.29, 1.82) is 0 Å². The van der Waals surface area contributed by atoms with E-state index in [4.69, 9.17) is 24.2 Å². The number of aliphatic hydroxyl groups is 1. The molecule has 11 heteroatoms. The van der Waals surface area contributed by atoms with Gasteiger partial charge in [-0.3, -0.25) is 9.88 Å². The van der Waals surface area contributed by atoms with Crippen molar-refractivity contribution < 1.29 is 28.1 Å². The highest BCUT2D eigenvalue weighted by molar-refractivity contribution is 6.01. The van der Waals surface area contributed by atoms with Gasteiger partial charge in [0.25, 0.3) is 0 Å². The molecule has 8 rings (SSSR count). The zero-order chi connectivity index (χ0) is 33.2. The molecule has 9 nitrogen and oxygen atoms in total. The number of benzene rings is 2. The standard InChI is InChI=1S/C37H41F2N5O4/c1-4-26-29(38)7-6-23-12-25(48-20-46-3)13-27(31(23)26)33-32(39)34-28(15-40-33)35(43-17-22-10-24(18-43)30(45)11-22)42-36(41-34)47-19-37-8-5-9-44(37)16-21(2)14-37/h6-7,12-13,15,22,24,30,45H,2,4-5,8-11,14,16-20H2,1,3H3/t22-,24-,30-,37-/m1/s1. The first-order valence-corrected chi connectivity index (χ1v) is 17.0. The molecule has 2 aromatic carbocycles. The largest absolute Gasteiger partial charge is 0.468 e. The molecule has 1 saturated carbocycles. The number of pyridine rings is 1. The lowest BCUT2D eigenvalue weighted by Gasteiger charge is -2.34. The third-order valence-corrected chi connectivity index (χ3v) is 10.9. The van der Waals surface area contributed by atoms with Crippen LogP contribution >= 0.6 is 0 Å². The average Bonchev–Trinajstić information content (AvgIpc) is 3.70. The molecule has 5 heterocycles. The Kier molecular flexibility index (Phi) is 7.96. The molecular formula is C37H41F2N5O4. The van der Waals surface area contributed by atoms with Gasteiger partial charge in [0.15, 0.2) is 12.6 Å². The van der Waals surface area contributed by atoms with E-state index in [2.05, 4.69) is 21.4 Å². The predicted octanol–water partition coefficient (Wildman–Crippen LogP) is 6.05. The second kappa shape index (κ2) is 12.2. The fourth-order valence-corrected chi connectivity index (χ4v) is 8.79. The van der Waals surface area contributed by atoms with E-state index in [0.717, 1.165) is 45.2 Å². The van der Waals surface area contributed by atoms with Gasteiger partial charge in [0.1, 0.15) is 35.2 Å². The Hall–Kier alpha value is -3.93. The number of aromatic nitrogens is 3. The van der Waals surface area contributed by atoms with Gasteiger partial charge in [-0.15, -0.1) is 0 Å². The normalized spacial score (nSPS) is 25.4. The van der Waals surface area contributed by atoms with Gasteiger partial charge >= 0.3 is 6.01 Å². The highest BCUT2D eigenvalue weighted by Gasteiger charge is 2.47. The van der Waals surface area contributed by atoms with Crippen LogP contribution in [0.25, 0.3) is 32.9 Å². The van der Waals surface area contributed by atoms with Crippen molar-refractivity contribution in [3.05, 3.63) is 59.8 Å². The first-order valence-electron chi connectivity index (χ1n) is 17.0. The summed E-state index contributed by atoms with van der Waals surface area (Å²) < 4.78 is 49.6. The maximum atomic E-state index is 17.1. The summed E-state index contributed by atoms with van der Waals surface area (Å²) in [6.07, 6.45) is 6.30. The van der Waals surface area contributed by atoms with Crippen LogP contribution in [0.15, 0.2) is 42.6 Å². The Morgan fingerprint density at radius 1 is 1.12 bits per heavy atom. The summed E-state index contributed by atoms with van der Waals surface area (Å²) in [5, 5.41) is 12.4. The van der Waals surface area contributed by atoms with Gasteiger partial charge < -0.3 is 24.2 Å². The Morgan fingerprint density at radius 2 is 2.00 bits per heavy atom. The number of fused-ring (bicyclic) bond motifs is 5. The summed E-state index contributed by atoms with van der Waals surface area (Å²) in [6, 6.07) is 6.67. The molecule has 4 fully saturated rings. The van der Waals surface area contributed by atoms with Crippen molar-refractivity contribution in [3.8, 4) is 23.0 Å². The van der Waals surface area contributed by atoms with E-state index in [1.165, 1.54) is 18.7 Å². The minimum absolute atomic E-state index is 0.00349. The van der Waals surface area contributed by atoms with E-state index in [1.807, 2.05) is 6.92 Å². The highest BCUT2D eigenvalue weighted by Crippen LogP contribution is 2.44. The molecule has 3 aliphatic heterocycles. The topological polar surface area (TPSA) is 93.1 Å². The Morgan fingerprint density at radius 3 is 2.81 bits per heavy atom. The van der Waals surface area contributed by atoms with Crippen LogP contribution in [0.1, 0.15) is 44.6 Å². The lowest BCUT2D eigenvalue weighted by molar-refractivity contribution is 0.0512. The number of aryl methyl sites for hydroxylation is 1. The van der Waals surface area contributed by atoms with Gasteiger partial charge in [-0.05, 0) is 85.5 Å². The zero-order valence-electron chi connectivity index (χ0n) is 27.5. The summed E-state index contributed by atoms with van der Waals surface area (Å²) >= 11 is 0. The molecule has 252 valence electrons. The van der Waals surface area contributed by atoms with Crippen LogP contribution in [0.2, 0.25) is 0 Å². The van der Waals surface area contributed by atoms with Crippen LogP contribution < -0.4 is 14.4 Å². The molecule has 2 bridgehead atoms. The minimum Gasteiger partial charge on any atom is -0.468 e. The molecule has 0 radical (unpaired) electrons. The van der Waals surface area contributed by atoms with Gasteiger partial charge in [-0.2, -0.15) is 9.97 Å². The lowest BCUT2D eigenvalue weighted by atomic mass is 9.94. The maximum Gasteiger partial charge on any atom is 0.319 e. The number of methoxy groups -OCH3 is 1. The Labute approximate surface area is 278 Å². The van der Waals surface area contributed by atoms with E-state index in [-0.39, 0.29) is 47.4 Å². The summed E-state index contributed by atoms with van der Waals surface area (Å²) in [6.45, 7) is 9.64. The second-order valence-corrected chi connectivity index (χ2v) is 14.0. The smallest absolute Gasteiger partial charge is 0.319 e. The van der Waals surface area contributed by atoms with Gasteiger partial charge in [0, 0.05) is 44.4 Å². The van der Waals surface area contributed by atoms with Crippen molar-refractivity contribution >= 4 is 27.5 Å². The number of hydrogen-bond acceptors (Lipinski definition) is 9. The van der Waals surface area contributed by atoms with Gasteiger partial charge in [0.2, 0.25) is 0 Å². The molecule has 4 atom stereocenters. The molecule has 0 spiro atoms. The van der Waals surface area contributed by atoms with Crippen LogP contribution in [0.4, 0.5) is 14.6 Å². The second-order valence-electron chi connectivity index (χ2n) is 14.0. The maximum absolute atomic E-state index is 17.1. The number of nitrogens with zero attached hydrogens (tertiary/aromatic N) is 5. The monoisotopic (exact) mass is 657 g/mol. The van der Waals surface area contributed by atoms with E-state index >= 15 is 8.78 Å². The fraction of sp³-hybridized carbons (Fsp3) is 0.486. The van der Waals surface area contributed by atoms with Crippen LogP contribution in [0, 0.1) is 23.5 Å². The number of halogens is 2. The summed E-state index contributed by atoms with van der Waals surface area (Å²) in [7, 11) is 1.52. The number of ether oxygens (including phenoxy) is 3. The first-order chi connectivity index (χ1) is 23.3. The fourth-order valence-electron chi connectivity index (χ4n) is 8.79. The highest BCUT2D eigenvalue weighted by atomic mass is 19.1. The van der Waals surface area contributed by atoms with Gasteiger partial charge in [-0.1, -0.05) is 25.1 Å². The quantitative estimate of drug-likeness (QED) is 0.171. The van der Waals surface area contributed by atoms with Crippen LogP contribution in [0.3, 0.4) is 0 Å². The lowest BCUT2D eigenvalue weighted by Crippen LogP contribution is -2.43. The molecule has 4 aromatic rings. The third kappa shape index (κ3) is 5.27. The molecule has 2 aromatic heterocycles. The predicted molar refractivity (Wildman–Crippen MR) is 179 cm³/mol. The zero-order valence-corrected chi connectivity index (χ0v) is 27.5. The van der Waals surface area contributed by atoms with E-state index < -0.39 is 5.82 Å². The number of rotatable bonds is 9. The van der Waals surface area contributed by atoms with Gasteiger partial charge in [-0.25, -0.2) is 8.78 Å². The van der Waals surface area contributed by atoms with Gasteiger partial charge in [0.05, 0.1) is 17.0 Å². The van der Waals surface area contributed by atoms with Crippen molar-refractivity contribution in [2.24, 2.45) is 11.8 Å². The van der Waals surface area contributed by atoms with Crippen molar-refractivity contribution in [2.45, 2.75) is 57.1 Å². The third-order valence-electron chi connectivity index (χ3n) is 10.9. The number of aliphatic hydroxyl groups excluding tert-OH is 1. The van der Waals surface area contributed by atoms with Crippen molar-refractivity contribution in [1.82, 2.24) is 19.9 Å². The first kappa shape index (κ1) is 31.3. The number of piperidine rings is 1. The van der Waals surface area contributed by atoms with Crippen molar-refractivity contribution in [2.75, 3.05) is 51.6 Å². The summed E-state index contributed by atoms with van der Waals surface area (Å²) in [5.41, 5.74) is 2.02. The van der Waals surface area contributed by atoms with Crippen LogP contribution in [-0.4, -0.2) is 83.3 Å². The van der Waals surface area contributed by atoms with Crippen LogP contribution in [-0.2, 0) is 11.2 Å².